The number of methoxy groups -OCH3 is 2. The average Bonchev–Trinajstić information content (AvgIpc) is 2.68. The minimum atomic E-state index is -0.340. The molecule has 0 aliphatic heterocycles. The minimum absolute atomic E-state index is 0.0417. The molecular formula is C21H25N3O4. The number of carbonyl (C=O) groups is 2. The van der Waals surface area contributed by atoms with E-state index < -0.39 is 0 Å². The van der Waals surface area contributed by atoms with Crippen LogP contribution in [0.15, 0.2) is 41.5 Å². The first kappa shape index (κ1) is 21.0. The van der Waals surface area contributed by atoms with Gasteiger partial charge in [0.25, 0.3) is 0 Å². The fourth-order valence-corrected chi connectivity index (χ4v) is 2.56. The molecule has 2 rings (SSSR count). The summed E-state index contributed by atoms with van der Waals surface area (Å²) in [6, 6.07) is 11.1. The molecule has 0 saturated heterocycles. The third-order valence-corrected chi connectivity index (χ3v) is 4.05. The number of nitrogens with one attached hydrogen (secondary N) is 2. The number of rotatable bonds is 8. The third-order valence-electron chi connectivity index (χ3n) is 4.05. The van der Waals surface area contributed by atoms with Gasteiger partial charge in [0.1, 0.15) is 0 Å². The molecule has 2 amide bonds. The summed E-state index contributed by atoms with van der Waals surface area (Å²) in [5.41, 5.74) is 6.02. The predicted octanol–water partition coefficient (Wildman–Crippen LogP) is 3.19. The number of amides is 2. The van der Waals surface area contributed by atoms with Gasteiger partial charge >= 0.3 is 0 Å². The van der Waals surface area contributed by atoms with Gasteiger partial charge in [-0.05, 0) is 49.2 Å². The molecule has 7 heteroatoms. The molecule has 0 aromatic heterocycles. The van der Waals surface area contributed by atoms with Crippen LogP contribution >= 0.6 is 0 Å². The monoisotopic (exact) mass is 383 g/mol. The summed E-state index contributed by atoms with van der Waals surface area (Å²) < 4.78 is 10.4. The second kappa shape index (κ2) is 10.1. The van der Waals surface area contributed by atoms with Crippen molar-refractivity contribution in [1.29, 1.82) is 0 Å². The van der Waals surface area contributed by atoms with Crippen molar-refractivity contribution in [3.63, 3.8) is 0 Å². The van der Waals surface area contributed by atoms with E-state index in [0.717, 1.165) is 22.4 Å². The molecule has 28 heavy (non-hydrogen) atoms. The Balaban J connectivity index is 1.80. The molecule has 0 fully saturated rings. The van der Waals surface area contributed by atoms with Crippen molar-refractivity contribution in [3.8, 4) is 11.5 Å². The molecule has 0 aliphatic rings. The van der Waals surface area contributed by atoms with Crippen molar-refractivity contribution in [1.82, 2.24) is 5.43 Å². The van der Waals surface area contributed by atoms with Gasteiger partial charge in [0.2, 0.25) is 11.8 Å². The summed E-state index contributed by atoms with van der Waals surface area (Å²) in [6.07, 6.45) is 1.61. The highest BCUT2D eigenvalue weighted by Gasteiger charge is 2.08. The zero-order valence-electron chi connectivity index (χ0n) is 16.5. The van der Waals surface area contributed by atoms with Gasteiger partial charge in [-0.3, -0.25) is 9.59 Å². The van der Waals surface area contributed by atoms with Gasteiger partial charge in [-0.15, -0.1) is 0 Å². The van der Waals surface area contributed by atoms with E-state index in [-0.39, 0.29) is 24.7 Å². The number of hydrogen-bond acceptors (Lipinski definition) is 5. The third kappa shape index (κ3) is 6.12. The zero-order valence-corrected chi connectivity index (χ0v) is 16.5. The normalized spacial score (nSPS) is 10.6. The summed E-state index contributed by atoms with van der Waals surface area (Å²) in [6.45, 7) is 3.92. The maximum atomic E-state index is 12.0. The fraction of sp³-hybridized carbons (Fsp3) is 0.286. The van der Waals surface area contributed by atoms with Crippen molar-refractivity contribution >= 4 is 23.7 Å². The van der Waals surface area contributed by atoms with Crippen LogP contribution in [0, 0.1) is 13.8 Å². The molecule has 0 unspecified atom stereocenters. The Morgan fingerprint density at radius 1 is 0.964 bits per heavy atom. The lowest BCUT2D eigenvalue weighted by molar-refractivity contribution is -0.124. The maximum Gasteiger partial charge on any atom is 0.240 e. The summed E-state index contributed by atoms with van der Waals surface area (Å²) in [5, 5.41) is 6.72. The minimum Gasteiger partial charge on any atom is -0.493 e. The topological polar surface area (TPSA) is 89.0 Å². The highest BCUT2D eigenvalue weighted by Crippen LogP contribution is 2.26. The van der Waals surface area contributed by atoms with Crippen LogP contribution in [0.3, 0.4) is 0 Å². The number of aryl methyl sites for hydroxylation is 2. The van der Waals surface area contributed by atoms with E-state index in [2.05, 4.69) is 15.8 Å². The van der Waals surface area contributed by atoms with Crippen molar-refractivity contribution in [3.05, 3.63) is 53.1 Å². The van der Waals surface area contributed by atoms with Crippen molar-refractivity contribution in [2.45, 2.75) is 26.7 Å². The molecule has 2 aromatic rings. The molecule has 0 aliphatic carbocycles. The predicted molar refractivity (Wildman–Crippen MR) is 109 cm³/mol. The number of nitrogens with zero attached hydrogens (tertiary/aromatic N) is 1. The molecule has 0 atom stereocenters. The van der Waals surface area contributed by atoms with Crippen LogP contribution in [-0.4, -0.2) is 32.2 Å². The standard InChI is InChI=1S/C21H25N3O4/c1-14-5-7-17(15(2)11-14)23-20(25)9-10-21(26)24-22-13-16-6-8-18(27-3)19(12-16)28-4/h5-8,11-13H,9-10H2,1-4H3,(H,23,25)(H,24,26)/b22-13-. The van der Waals surface area contributed by atoms with Crippen LogP contribution in [0.25, 0.3) is 0 Å². The molecule has 2 N–H and O–H groups in total. The van der Waals surface area contributed by atoms with E-state index in [0.29, 0.717) is 11.5 Å². The Hall–Kier alpha value is -3.35. The first-order chi connectivity index (χ1) is 13.4. The van der Waals surface area contributed by atoms with Gasteiger partial charge in [0, 0.05) is 18.5 Å². The first-order valence-corrected chi connectivity index (χ1v) is 8.84. The fourth-order valence-electron chi connectivity index (χ4n) is 2.56. The van der Waals surface area contributed by atoms with E-state index in [4.69, 9.17) is 9.47 Å². The second-order valence-electron chi connectivity index (χ2n) is 6.27. The SMILES string of the molecule is COc1ccc(/C=N\NC(=O)CCC(=O)Nc2ccc(C)cc2C)cc1OC. The Kier molecular flexibility index (Phi) is 7.56. The summed E-state index contributed by atoms with van der Waals surface area (Å²) >= 11 is 0. The Labute approximate surface area is 164 Å². The van der Waals surface area contributed by atoms with Crippen LogP contribution in [0.2, 0.25) is 0 Å². The molecule has 0 spiro atoms. The van der Waals surface area contributed by atoms with Gasteiger partial charge in [-0.2, -0.15) is 5.10 Å². The largest absolute Gasteiger partial charge is 0.493 e. The second-order valence-corrected chi connectivity index (χ2v) is 6.27. The van der Waals surface area contributed by atoms with Crippen LogP contribution in [0.1, 0.15) is 29.5 Å². The number of hydrogen-bond donors (Lipinski definition) is 2. The molecule has 0 bridgehead atoms. The van der Waals surface area contributed by atoms with Gasteiger partial charge in [0.05, 0.1) is 20.4 Å². The summed E-state index contributed by atoms with van der Waals surface area (Å²) in [5.74, 6) is 0.623. The van der Waals surface area contributed by atoms with E-state index >= 15 is 0 Å². The van der Waals surface area contributed by atoms with Crippen molar-refractivity contribution < 1.29 is 19.1 Å². The molecule has 0 heterocycles. The molecular weight excluding hydrogens is 358 g/mol. The Morgan fingerprint density at radius 2 is 1.68 bits per heavy atom. The molecule has 7 nitrogen and oxygen atoms in total. The van der Waals surface area contributed by atoms with Gasteiger partial charge in [-0.25, -0.2) is 5.43 Å². The van der Waals surface area contributed by atoms with Gasteiger partial charge < -0.3 is 14.8 Å². The summed E-state index contributed by atoms with van der Waals surface area (Å²) in [7, 11) is 3.10. The lowest BCUT2D eigenvalue weighted by atomic mass is 10.1. The maximum absolute atomic E-state index is 12.0. The lowest BCUT2D eigenvalue weighted by Gasteiger charge is -2.09. The average molecular weight is 383 g/mol. The van der Waals surface area contributed by atoms with Gasteiger partial charge in [-0.1, -0.05) is 17.7 Å². The van der Waals surface area contributed by atoms with Gasteiger partial charge in [0.15, 0.2) is 11.5 Å². The van der Waals surface area contributed by atoms with E-state index in [1.807, 2.05) is 32.0 Å². The van der Waals surface area contributed by atoms with Crippen LogP contribution < -0.4 is 20.2 Å². The lowest BCUT2D eigenvalue weighted by Crippen LogP contribution is -2.20. The highest BCUT2D eigenvalue weighted by atomic mass is 16.5. The molecule has 0 saturated carbocycles. The summed E-state index contributed by atoms with van der Waals surface area (Å²) in [4.78, 5) is 23.9. The quantitative estimate of drug-likeness (QED) is 0.541. The van der Waals surface area contributed by atoms with E-state index in [1.165, 1.54) is 6.21 Å². The number of carbonyl (C=O) groups excluding carboxylic acids is 2. The van der Waals surface area contributed by atoms with Crippen LogP contribution in [0.4, 0.5) is 5.69 Å². The van der Waals surface area contributed by atoms with Crippen molar-refractivity contribution in [2.75, 3.05) is 19.5 Å². The molecule has 0 radical (unpaired) electrons. The Morgan fingerprint density at radius 3 is 2.36 bits per heavy atom. The zero-order chi connectivity index (χ0) is 20.5. The van der Waals surface area contributed by atoms with Crippen LogP contribution in [-0.2, 0) is 9.59 Å². The number of benzene rings is 2. The molecule has 2 aromatic carbocycles. The first-order valence-electron chi connectivity index (χ1n) is 8.84. The number of hydrazone groups is 1. The molecule has 148 valence electrons. The smallest absolute Gasteiger partial charge is 0.240 e. The van der Waals surface area contributed by atoms with E-state index in [9.17, 15) is 9.59 Å². The highest BCUT2D eigenvalue weighted by molar-refractivity contribution is 5.94. The van der Waals surface area contributed by atoms with Crippen LogP contribution in [0.5, 0.6) is 11.5 Å². The number of ether oxygens (including phenoxy) is 2. The van der Waals surface area contributed by atoms with Crippen molar-refractivity contribution in [2.24, 2.45) is 5.10 Å². The number of anilines is 1. The van der Waals surface area contributed by atoms with E-state index in [1.54, 1.807) is 32.4 Å². The Bertz CT molecular complexity index is 878.